The van der Waals surface area contributed by atoms with Gasteiger partial charge in [0.25, 0.3) is 5.91 Å². The predicted octanol–water partition coefficient (Wildman–Crippen LogP) is 4.62. The fourth-order valence-electron chi connectivity index (χ4n) is 6.98. The van der Waals surface area contributed by atoms with Crippen molar-refractivity contribution in [2.24, 2.45) is 11.8 Å². The molecule has 42 heavy (non-hydrogen) atoms. The summed E-state index contributed by atoms with van der Waals surface area (Å²) in [6.45, 7) is 11.5. The number of carbonyl (C=O) groups is 3. The highest BCUT2D eigenvalue weighted by atomic mass is 79.9. The number of anilines is 1. The number of ether oxygens (including phenoxy) is 1. The predicted molar refractivity (Wildman–Crippen MR) is 170 cm³/mol. The average Bonchev–Trinajstić information content (AvgIpc) is 3.58. The number of fused-ring (bicyclic) bond motifs is 1. The van der Waals surface area contributed by atoms with Crippen LogP contribution < -0.4 is 4.90 Å². The Labute approximate surface area is 260 Å². The number of amides is 2. The Kier molecular flexibility index (Phi) is 9.02. The van der Waals surface area contributed by atoms with Gasteiger partial charge in [-0.3, -0.25) is 14.4 Å². The van der Waals surface area contributed by atoms with Gasteiger partial charge in [-0.2, -0.15) is 0 Å². The molecule has 0 aliphatic carbocycles. The van der Waals surface area contributed by atoms with Gasteiger partial charge in [0, 0.05) is 22.3 Å². The fourth-order valence-corrected chi connectivity index (χ4v) is 10.6. The normalized spacial score (nSPS) is 28.3. The summed E-state index contributed by atoms with van der Waals surface area (Å²) in [5, 5.41) is 10.5. The Bertz CT molecular complexity index is 1390. The topological polar surface area (TPSA) is 87.1 Å². The van der Waals surface area contributed by atoms with Crippen LogP contribution in [0.1, 0.15) is 23.1 Å². The van der Waals surface area contributed by atoms with Gasteiger partial charge >= 0.3 is 5.97 Å². The van der Waals surface area contributed by atoms with Crippen molar-refractivity contribution in [2.75, 3.05) is 24.7 Å². The van der Waals surface area contributed by atoms with E-state index in [0.717, 1.165) is 22.4 Å². The summed E-state index contributed by atoms with van der Waals surface area (Å²) in [6, 6.07) is 14.0. The zero-order chi connectivity index (χ0) is 30.2. The molecular formula is C33H37BrN2O5S. The highest BCUT2D eigenvalue weighted by Gasteiger charge is 2.76. The fraction of sp³-hybridized carbons (Fsp3) is 0.424. The van der Waals surface area contributed by atoms with E-state index in [0.29, 0.717) is 12.8 Å². The van der Waals surface area contributed by atoms with Crippen molar-refractivity contribution in [1.29, 1.82) is 0 Å². The van der Waals surface area contributed by atoms with Crippen LogP contribution in [0.3, 0.4) is 0 Å². The lowest BCUT2D eigenvalue weighted by Crippen LogP contribution is -2.58. The van der Waals surface area contributed by atoms with E-state index in [9.17, 15) is 19.5 Å². The lowest BCUT2D eigenvalue weighted by molar-refractivity contribution is -0.153. The number of halogens is 1. The number of hydrogen-bond donors (Lipinski definition) is 1. The van der Waals surface area contributed by atoms with Crippen molar-refractivity contribution in [3.8, 4) is 0 Å². The second kappa shape index (κ2) is 12.4. The maximum atomic E-state index is 15.0. The molecule has 3 heterocycles. The first-order chi connectivity index (χ1) is 20.2. The molecule has 3 saturated heterocycles. The Balaban J connectivity index is 1.64. The first-order valence-electron chi connectivity index (χ1n) is 14.2. The van der Waals surface area contributed by atoms with Crippen LogP contribution in [-0.2, 0) is 25.5 Å². The van der Waals surface area contributed by atoms with Crippen molar-refractivity contribution >= 4 is 51.2 Å². The van der Waals surface area contributed by atoms with Crippen LogP contribution in [0, 0.1) is 25.7 Å². The Morgan fingerprint density at radius 2 is 1.95 bits per heavy atom. The lowest BCUT2D eigenvalue weighted by atomic mass is 9.71. The minimum absolute atomic E-state index is 0.0483. The number of rotatable bonds is 11. The largest absolute Gasteiger partial charge is 0.461 e. The standard InChI is InChI=1S/C33H37BrN2O5S/c1-5-14-35(25-16-20(3)12-13-21(25)4)31(39)29-33-18-24(34)28(42-33)26(32(40)41-15-6-2)27(33)30(38)36(29)23(19-37)17-22-10-8-7-9-11-22/h5-13,16,23-24,26-29,37H,1-2,14-15,17-19H2,3-4H3/t23-,24?,26+,27+,28+,29?,33?/m1/s1. The molecule has 3 unspecified atom stereocenters. The quantitative estimate of drug-likeness (QED) is 0.217. The van der Waals surface area contributed by atoms with E-state index in [1.807, 2.05) is 62.4 Å². The molecule has 3 aliphatic rings. The van der Waals surface area contributed by atoms with Crippen LogP contribution in [0.5, 0.6) is 0 Å². The van der Waals surface area contributed by atoms with Crippen molar-refractivity contribution in [3.63, 3.8) is 0 Å². The first kappa shape index (κ1) is 30.6. The maximum absolute atomic E-state index is 15.0. The van der Waals surface area contributed by atoms with E-state index in [1.54, 1.807) is 27.6 Å². The van der Waals surface area contributed by atoms with Gasteiger partial charge < -0.3 is 19.6 Å². The van der Waals surface area contributed by atoms with Gasteiger partial charge in [0.05, 0.1) is 29.2 Å². The molecular weight excluding hydrogens is 616 g/mol. The third kappa shape index (κ3) is 5.13. The number of aliphatic hydroxyl groups excluding tert-OH is 1. The Morgan fingerprint density at radius 3 is 2.62 bits per heavy atom. The van der Waals surface area contributed by atoms with Gasteiger partial charge in [-0.15, -0.1) is 18.3 Å². The van der Waals surface area contributed by atoms with E-state index < -0.39 is 34.6 Å². The molecule has 5 rings (SSSR count). The first-order valence-corrected chi connectivity index (χ1v) is 16.0. The molecule has 9 heteroatoms. The molecule has 0 aromatic heterocycles. The van der Waals surface area contributed by atoms with Crippen molar-refractivity contribution in [2.45, 2.75) is 53.6 Å². The second-order valence-corrected chi connectivity index (χ2v) is 14.1. The second-order valence-electron chi connectivity index (χ2n) is 11.4. The minimum Gasteiger partial charge on any atom is -0.461 e. The van der Waals surface area contributed by atoms with Crippen molar-refractivity contribution in [1.82, 2.24) is 4.90 Å². The van der Waals surface area contributed by atoms with Crippen molar-refractivity contribution in [3.05, 3.63) is 90.5 Å². The molecule has 3 fully saturated rings. The average molecular weight is 654 g/mol. The van der Waals surface area contributed by atoms with Gasteiger partial charge in [-0.1, -0.05) is 77.1 Å². The van der Waals surface area contributed by atoms with Crippen LogP contribution in [0.2, 0.25) is 0 Å². The number of esters is 1. The number of benzene rings is 2. The van der Waals surface area contributed by atoms with Gasteiger partial charge in [0.15, 0.2) is 0 Å². The van der Waals surface area contributed by atoms with Crippen LogP contribution in [0.15, 0.2) is 73.8 Å². The molecule has 222 valence electrons. The van der Waals surface area contributed by atoms with E-state index >= 15 is 0 Å². The maximum Gasteiger partial charge on any atom is 0.311 e. The molecule has 1 spiro atoms. The van der Waals surface area contributed by atoms with Crippen LogP contribution in [-0.4, -0.2) is 74.5 Å². The Hall–Kier alpha value is -2.88. The lowest BCUT2D eigenvalue weighted by Gasteiger charge is -2.40. The number of aryl methyl sites for hydroxylation is 2. The number of hydrogen-bond acceptors (Lipinski definition) is 6. The summed E-state index contributed by atoms with van der Waals surface area (Å²) in [7, 11) is 0. The number of nitrogens with zero attached hydrogens (tertiary/aromatic N) is 2. The number of carbonyl (C=O) groups excluding carboxylic acids is 3. The van der Waals surface area contributed by atoms with Gasteiger partial charge in [0.1, 0.15) is 12.6 Å². The number of thioether (sulfide) groups is 1. The third-order valence-corrected chi connectivity index (χ3v) is 11.9. The van der Waals surface area contributed by atoms with E-state index in [2.05, 4.69) is 29.1 Å². The molecule has 1 N–H and O–H groups in total. The van der Waals surface area contributed by atoms with Crippen LogP contribution in [0.25, 0.3) is 0 Å². The molecule has 2 aromatic rings. The van der Waals surface area contributed by atoms with E-state index in [4.69, 9.17) is 4.74 Å². The van der Waals surface area contributed by atoms with Crippen LogP contribution >= 0.6 is 27.7 Å². The number of alkyl halides is 1. The third-order valence-electron chi connectivity index (χ3n) is 8.73. The summed E-state index contributed by atoms with van der Waals surface area (Å²) in [4.78, 5) is 46.2. The highest BCUT2D eigenvalue weighted by molar-refractivity contribution is 9.09. The monoisotopic (exact) mass is 652 g/mol. The summed E-state index contributed by atoms with van der Waals surface area (Å²) < 4.78 is 4.64. The summed E-state index contributed by atoms with van der Waals surface area (Å²) in [6.07, 6.45) is 4.10. The zero-order valence-electron chi connectivity index (χ0n) is 23.9. The van der Waals surface area contributed by atoms with Crippen LogP contribution in [0.4, 0.5) is 5.69 Å². The minimum atomic E-state index is -0.900. The Morgan fingerprint density at radius 1 is 1.21 bits per heavy atom. The van der Waals surface area contributed by atoms with E-state index in [-0.39, 0.29) is 41.6 Å². The molecule has 7 atom stereocenters. The molecule has 2 aromatic carbocycles. The smallest absolute Gasteiger partial charge is 0.311 e. The summed E-state index contributed by atoms with van der Waals surface area (Å²) >= 11 is 5.35. The molecule has 0 radical (unpaired) electrons. The van der Waals surface area contributed by atoms with Crippen molar-refractivity contribution < 1.29 is 24.2 Å². The SMILES string of the molecule is C=CCOC(=O)[C@H]1[C@H]2C(=O)N([C@@H](CO)Cc3ccccc3)C(C(=O)N(CC=C)c3cc(C)ccc3C)C23CC(Br)[C@@H]1S3. The number of likely N-dealkylation sites (tertiary alicyclic amines) is 1. The molecule has 0 saturated carbocycles. The molecule has 3 aliphatic heterocycles. The van der Waals surface area contributed by atoms with Gasteiger partial charge in [-0.25, -0.2) is 0 Å². The highest BCUT2D eigenvalue weighted by Crippen LogP contribution is 2.68. The number of aliphatic hydroxyl groups is 1. The molecule has 2 bridgehead atoms. The van der Waals surface area contributed by atoms with E-state index in [1.165, 1.54) is 6.08 Å². The molecule has 2 amide bonds. The molecule has 7 nitrogen and oxygen atoms in total. The summed E-state index contributed by atoms with van der Waals surface area (Å²) in [5.74, 6) is -2.44. The van der Waals surface area contributed by atoms with Gasteiger partial charge in [0.2, 0.25) is 5.91 Å². The summed E-state index contributed by atoms with van der Waals surface area (Å²) in [5.41, 5.74) is 3.63. The zero-order valence-corrected chi connectivity index (χ0v) is 26.4. The van der Waals surface area contributed by atoms with Gasteiger partial charge in [-0.05, 0) is 49.4 Å².